The Balaban J connectivity index is 1.44. The van der Waals surface area contributed by atoms with Crippen molar-refractivity contribution in [3.63, 3.8) is 0 Å². The average molecular weight is 465 g/mol. The van der Waals surface area contributed by atoms with Gasteiger partial charge in [0.05, 0.1) is 6.04 Å². The predicted molar refractivity (Wildman–Crippen MR) is 137 cm³/mol. The van der Waals surface area contributed by atoms with Crippen molar-refractivity contribution in [3.05, 3.63) is 113 Å². The van der Waals surface area contributed by atoms with E-state index < -0.39 is 0 Å². The van der Waals surface area contributed by atoms with Gasteiger partial charge in [0, 0.05) is 43.6 Å². The second-order valence-corrected chi connectivity index (χ2v) is 8.50. The van der Waals surface area contributed by atoms with E-state index in [0.29, 0.717) is 37.4 Å². The number of nitriles is 1. The third-order valence-corrected chi connectivity index (χ3v) is 6.20. The van der Waals surface area contributed by atoms with Crippen LogP contribution in [0.15, 0.2) is 96.7 Å². The molecule has 176 valence electrons. The van der Waals surface area contributed by atoms with Crippen molar-refractivity contribution in [2.75, 3.05) is 31.5 Å². The number of benzene rings is 3. The van der Waals surface area contributed by atoms with Crippen LogP contribution in [-0.2, 0) is 4.79 Å². The van der Waals surface area contributed by atoms with Crippen molar-refractivity contribution in [1.82, 2.24) is 9.80 Å². The van der Waals surface area contributed by atoms with Crippen LogP contribution >= 0.6 is 0 Å². The molecule has 6 nitrogen and oxygen atoms in total. The molecule has 1 heterocycles. The Kier molecular flexibility index (Phi) is 7.71. The molecule has 0 aromatic heterocycles. The summed E-state index contributed by atoms with van der Waals surface area (Å²) in [4.78, 5) is 28.8. The highest BCUT2D eigenvalue weighted by atomic mass is 16.2. The first kappa shape index (κ1) is 23.9. The van der Waals surface area contributed by atoms with E-state index in [2.05, 4.69) is 34.5 Å². The summed E-state index contributed by atoms with van der Waals surface area (Å²) >= 11 is 0. The van der Waals surface area contributed by atoms with Gasteiger partial charge in [0.1, 0.15) is 11.6 Å². The fraction of sp³-hybridized carbons (Fsp3) is 0.207. The van der Waals surface area contributed by atoms with Gasteiger partial charge in [0.25, 0.3) is 5.91 Å². The molecule has 0 saturated carbocycles. The first-order chi connectivity index (χ1) is 17.1. The van der Waals surface area contributed by atoms with Gasteiger partial charge in [-0.25, -0.2) is 0 Å². The number of carbonyl (C=O) groups excluding carboxylic acids is 2. The lowest BCUT2D eigenvalue weighted by atomic mass is 9.96. The summed E-state index contributed by atoms with van der Waals surface area (Å²) in [6, 6.07) is 29.9. The molecule has 4 rings (SSSR count). The minimum absolute atomic E-state index is 0.0364. The van der Waals surface area contributed by atoms with Crippen molar-refractivity contribution < 1.29 is 9.59 Å². The highest BCUT2D eigenvalue weighted by Crippen LogP contribution is 2.29. The molecule has 0 bridgehead atoms. The maximum absolute atomic E-state index is 13.1. The van der Waals surface area contributed by atoms with Crippen LogP contribution in [0.3, 0.4) is 0 Å². The first-order valence-corrected chi connectivity index (χ1v) is 11.7. The Hall–Kier alpha value is -4.21. The number of rotatable bonds is 7. The molecule has 1 fully saturated rings. The number of amides is 1. The standard InChI is InChI=1S/C29H28N4O2/c1-22(34)25-13-8-14-27(19-25)31-21-26(20-30)29(35)33-17-15-32(16-18-33)28(23-9-4-2-5-10-23)24-11-6-3-7-12-24/h2-14,19,21,28,31H,15-18H2,1H3/b26-21-. The molecule has 1 saturated heterocycles. The minimum atomic E-state index is -0.293. The summed E-state index contributed by atoms with van der Waals surface area (Å²) in [5.74, 6) is -0.338. The molecule has 1 amide bonds. The lowest BCUT2D eigenvalue weighted by molar-refractivity contribution is -0.128. The van der Waals surface area contributed by atoms with Crippen LogP contribution in [0, 0.1) is 11.3 Å². The number of hydrogen-bond donors (Lipinski definition) is 1. The Bertz CT molecular complexity index is 1200. The SMILES string of the molecule is CC(=O)c1cccc(N/C=C(/C#N)C(=O)N2CCN(C(c3ccccc3)c3ccccc3)CC2)c1. The van der Waals surface area contributed by atoms with Gasteiger partial charge in [-0.3, -0.25) is 14.5 Å². The highest BCUT2D eigenvalue weighted by molar-refractivity contribution is 5.98. The van der Waals surface area contributed by atoms with Gasteiger partial charge < -0.3 is 10.2 Å². The molecule has 0 atom stereocenters. The molecule has 1 aliphatic rings. The van der Waals surface area contributed by atoms with E-state index in [1.165, 1.54) is 24.3 Å². The Morgan fingerprint density at radius 2 is 1.49 bits per heavy atom. The monoisotopic (exact) mass is 464 g/mol. The number of anilines is 1. The van der Waals surface area contributed by atoms with Crippen LogP contribution < -0.4 is 5.32 Å². The third-order valence-electron chi connectivity index (χ3n) is 6.20. The van der Waals surface area contributed by atoms with Gasteiger partial charge in [-0.15, -0.1) is 0 Å². The summed E-state index contributed by atoms with van der Waals surface area (Å²) in [5.41, 5.74) is 3.68. The van der Waals surface area contributed by atoms with E-state index >= 15 is 0 Å². The number of hydrogen-bond acceptors (Lipinski definition) is 5. The van der Waals surface area contributed by atoms with E-state index in [1.807, 2.05) is 42.5 Å². The summed E-state index contributed by atoms with van der Waals surface area (Å²) in [6.07, 6.45) is 1.42. The molecule has 6 heteroatoms. The Morgan fingerprint density at radius 3 is 2.03 bits per heavy atom. The smallest absolute Gasteiger partial charge is 0.266 e. The number of ketones is 1. The topological polar surface area (TPSA) is 76.4 Å². The molecular weight excluding hydrogens is 436 g/mol. The van der Waals surface area contributed by atoms with Crippen molar-refractivity contribution in [2.24, 2.45) is 0 Å². The number of nitrogens with one attached hydrogen (secondary N) is 1. The van der Waals surface area contributed by atoms with E-state index in [9.17, 15) is 14.9 Å². The maximum Gasteiger partial charge on any atom is 0.266 e. The van der Waals surface area contributed by atoms with Gasteiger partial charge in [-0.05, 0) is 30.2 Å². The number of nitrogens with zero attached hydrogens (tertiary/aromatic N) is 3. The van der Waals surface area contributed by atoms with Crippen LogP contribution in [0.5, 0.6) is 0 Å². The Labute approximate surface area is 206 Å². The lowest BCUT2D eigenvalue weighted by Gasteiger charge is -2.39. The van der Waals surface area contributed by atoms with Gasteiger partial charge in [0.15, 0.2) is 5.78 Å². The molecule has 0 unspecified atom stereocenters. The number of carbonyl (C=O) groups is 2. The molecule has 3 aromatic carbocycles. The van der Waals surface area contributed by atoms with Crippen LogP contribution in [0.1, 0.15) is 34.5 Å². The normalized spacial score (nSPS) is 14.4. The first-order valence-electron chi connectivity index (χ1n) is 11.7. The second-order valence-electron chi connectivity index (χ2n) is 8.50. The fourth-order valence-corrected chi connectivity index (χ4v) is 4.36. The zero-order valence-corrected chi connectivity index (χ0v) is 19.7. The maximum atomic E-state index is 13.1. The summed E-state index contributed by atoms with van der Waals surface area (Å²) in [5, 5.41) is 12.6. The van der Waals surface area contributed by atoms with Crippen molar-refractivity contribution in [2.45, 2.75) is 13.0 Å². The summed E-state index contributed by atoms with van der Waals surface area (Å²) in [6.45, 7) is 3.97. The lowest BCUT2D eigenvalue weighted by Crippen LogP contribution is -2.50. The largest absolute Gasteiger partial charge is 0.360 e. The van der Waals surface area contributed by atoms with Crippen LogP contribution in [0.2, 0.25) is 0 Å². The van der Waals surface area contributed by atoms with Crippen LogP contribution in [-0.4, -0.2) is 47.7 Å². The zero-order chi connectivity index (χ0) is 24.6. The highest BCUT2D eigenvalue weighted by Gasteiger charge is 2.29. The summed E-state index contributed by atoms with van der Waals surface area (Å²) < 4.78 is 0. The fourth-order valence-electron chi connectivity index (χ4n) is 4.36. The van der Waals surface area contributed by atoms with Gasteiger partial charge in [-0.2, -0.15) is 5.26 Å². The molecule has 0 radical (unpaired) electrons. The van der Waals surface area contributed by atoms with Crippen molar-refractivity contribution in [3.8, 4) is 6.07 Å². The molecule has 0 spiro atoms. The summed E-state index contributed by atoms with van der Waals surface area (Å²) in [7, 11) is 0. The van der Waals surface area contributed by atoms with E-state index in [0.717, 1.165) is 0 Å². The third kappa shape index (κ3) is 5.84. The second kappa shape index (κ2) is 11.3. The van der Waals surface area contributed by atoms with Crippen molar-refractivity contribution in [1.29, 1.82) is 5.26 Å². The molecule has 35 heavy (non-hydrogen) atoms. The zero-order valence-electron chi connectivity index (χ0n) is 19.7. The molecule has 1 N–H and O–H groups in total. The molecule has 1 aliphatic heterocycles. The van der Waals surface area contributed by atoms with Crippen LogP contribution in [0.25, 0.3) is 0 Å². The van der Waals surface area contributed by atoms with E-state index in [-0.39, 0.29) is 23.3 Å². The molecule has 0 aliphatic carbocycles. The van der Waals surface area contributed by atoms with Crippen molar-refractivity contribution >= 4 is 17.4 Å². The van der Waals surface area contributed by atoms with Gasteiger partial charge in [-0.1, -0.05) is 72.8 Å². The number of piperazine rings is 1. The average Bonchev–Trinajstić information content (AvgIpc) is 2.91. The quantitative estimate of drug-likeness (QED) is 0.313. The molecule has 3 aromatic rings. The molecular formula is C29H28N4O2. The van der Waals surface area contributed by atoms with Gasteiger partial charge in [0.2, 0.25) is 0 Å². The van der Waals surface area contributed by atoms with Gasteiger partial charge >= 0.3 is 0 Å². The Morgan fingerprint density at radius 1 is 0.886 bits per heavy atom. The van der Waals surface area contributed by atoms with E-state index in [1.54, 1.807) is 29.2 Å². The number of Topliss-reactive ketones (excluding diaryl/α,β-unsaturated/α-hetero) is 1. The predicted octanol–water partition coefficient (Wildman–Crippen LogP) is 4.64. The minimum Gasteiger partial charge on any atom is -0.360 e. The van der Waals surface area contributed by atoms with E-state index in [4.69, 9.17) is 0 Å². The van der Waals surface area contributed by atoms with Crippen LogP contribution in [0.4, 0.5) is 5.69 Å².